The van der Waals surface area contributed by atoms with Crippen LogP contribution in [0, 0.1) is 0 Å². The van der Waals surface area contributed by atoms with Crippen molar-refractivity contribution in [3.63, 3.8) is 0 Å². The van der Waals surface area contributed by atoms with Gasteiger partial charge < -0.3 is 10.5 Å². The van der Waals surface area contributed by atoms with Gasteiger partial charge in [-0.05, 0) is 18.9 Å². The monoisotopic (exact) mass is 171 g/mol. The third-order valence-corrected chi connectivity index (χ3v) is 1.39. The Labute approximate surface area is 73.6 Å². The molecule has 0 aliphatic rings. The van der Waals surface area contributed by atoms with Gasteiger partial charge in [0.15, 0.2) is 5.76 Å². The van der Waals surface area contributed by atoms with E-state index in [1.807, 2.05) is 6.92 Å². The molecule has 12 heavy (non-hydrogen) atoms. The predicted molar refractivity (Wildman–Crippen MR) is 48.4 cm³/mol. The average molecular weight is 171 g/mol. The van der Waals surface area contributed by atoms with Crippen LogP contribution in [-0.4, -0.2) is 12.5 Å². The van der Waals surface area contributed by atoms with Gasteiger partial charge in [-0.3, -0.25) is 4.79 Å². The van der Waals surface area contributed by atoms with Gasteiger partial charge in [0.25, 0.3) is 5.91 Å². The standard InChI is InChI=1S/C9H17NO2/c1-3-5-7-12-8(6-4-2)9(10)11/h6H,3-5,7H2,1-2H3,(H2,10,11)/b8-6+. The topological polar surface area (TPSA) is 52.3 Å². The molecule has 0 fully saturated rings. The van der Waals surface area contributed by atoms with Gasteiger partial charge in [-0.25, -0.2) is 0 Å². The average Bonchev–Trinajstić information content (AvgIpc) is 2.03. The van der Waals surface area contributed by atoms with Crippen molar-refractivity contribution in [1.82, 2.24) is 0 Å². The summed E-state index contributed by atoms with van der Waals surface area (Å²) in [6.45, 7) is 4.58. The zero-order chi connectivity index (χ0) is 9.40. The molecular weight excluding hydrogens is 154 g/mol. The van der Waals surface area contributed by atoms with Crippen LogP contribution in [0.25, 0.3) is 0 Å². The smallest absolute Gasteiger partial charge is 0.283 e. The molecule has 0 saturated heterocycles. The molecule has 3 heteroatoms. The maximum absolute atomic E-state index is 10.7. The Morgan fingerprint density at radius 1 is 1.50 bits per heavy atom. The van der Waals surface area contributed by atoms with Crippen LogP contribution in [0.15, 0.2) is 11.8 Å². The van der Waals surface area contributed by atoms with Crippen molar-refractivity contribution < 1.29 is 9.53 Å². The van der Waals surface area contributed by atoms with Gasteiger partial charge in [-0.2, -0.15) is 0 Å². The van der Waals surface area contributed by atoms with E-state index in [2.05, 4.69) is 6.92 Å². The van der Waals surface area contributed by atoms with E-state index in [1.165, 1.54) is 0 Å². The van der Waals surface area contributed by atoms with E-state index in [0.29, 0.717) is 12.4 Å². The number of hydrogen-bond donors (Lipinski definition) is 1. The highest BCUT2D eigenvalue weighted by Gasteiger charge is 2.03. The SMILES string of the molecule is CC/C=C(/OCCCC)C(N)=O. The predicted octanol–water partition coefficient (Wildman–Crippen LogP) is 1.58. The van der Waals surface area contributed by atoms with Gasteiger partial charge in [-0.1, -0.05) is 20.3 Å². The lowest BCUT2D eigenvalue weighted by Gasteiger charge is -2.05. The lowest BCUT2D eigenvalue weighted by atomic mass is 10.3. The molecule has 0 saturated carbocycles. The number of unbranched alkanes of at least 4 members (excludes halogenated alkanes) is 1. The van der Waals surface area contributed by atoms with E-state index < -0.39 is 5.91 Å². The van der Waals surface area contributed by atoms with Gasteiger partial charge in [0.1, 0.15) is 0 Å². The van der Waals surface area contributed by atoms with Crippen molar-refractivity contribution in [3.8, 4) is 0 Å². The van der Waals surface area contributed by atoms with E-state index in [-0.39, 0.29) is 0 Å². The summed E-state index contributed by atoms with van der Waals surface area (Å²) in [5.41, 5.74) is 5.07. The van der Waals surface area contributed by atoms with Gasteiger partial charge in [-0.15, -0.1) is 0 Å². The number of rotatable bonds is 6. The first-order valence-electron chi connectivity index (χ1n) is 4.35. The number of carbonyl (C=O) groups excluding carboxylic acids is 1. The van der Waals surface area contributed by atoms with Crippen molar-refractivity contribution in [3.05, 3.63) is 11.8 Å². The second kappa shape index (κ2) is 6.70. The third kappa shape index (κ3) is 4.77. The third-order valence-electron chi connectivity index (χ3n) is 1.39. The van der Waals surface area contributed by atoms with E-state index in [4.69, 9.17) is 10.5 Å². The van der Waals surface area contributed by atoms with E-state index >= 15 is 0 Å². The van der Waals surface area contributed by atoms with Crippen LogP contribution in [0.3, 0.4) is 0 Å². The molecule has 0 spiro atoms. The summed E-state index contributed by atoms with van der Waals surface area (Å²) in [5, 5.41) is 0. The molecule has 3 nitrogen and oxygen atoms in total. The van der Waals surface area contributed by atoms with Gasteiger partial charge in [0.05, 0.1) is 6.61 Å². The number of primary amides is 1. The molecule has 2 N–H and O–H groups in total. The zero-order valence-corrected chi connectivity index (χ0v) is 7.80. The fourth-order valence-corrected chi connectivity index (χ4v) is 0.743. The quantitative estimate of drug-likeness (QED) is 0.375. The Morgan fingerprint density at radius 2 is 2.17 bits per heavy atom. The van der Waals surface area contributed by atoms with Gasteiger partial charge >= 0.3 is 0 Å². The summed E-state index contributed by atoms with van der Waals surface area (Å²) in [4.78, 5) is 10.7. The fraction of sp³-hybridized carbons (Fsp3) is 0.667. The van der Waals surface area contributed by atoms with Crippen LogP contribution >= 0.6 is 0 Å². The number of allylic oxidation sites excluding steroid dienone is 1. The Balaban J connectivity index is 3.81. The normalized spacial score (nSPS) is 11.3. The first-order chi connectivity index (χ1) is 5.72. The van der Waals surface area contributed by atoms with E-state index in [1.54, 1.807) is 6.08 Å². The number of amides is 1. The minimum Gasteiger partial charge on any atom is -0.488 e. The molecule has 0 heterocycles. The number of carbonyl (C=O) groups is 1. The van der Waals surface area contributed by atoms with E-state index in [0.717, 1.165) is 19.3 Å². The summed E-state index contributed by atoms with van der Waals surface area (Å²) in [6.07, 6.45) is 4.48. The molecule has 0 atom stereocenters. The van der Waals surface area contributed by atoms with Crippen LogP contribution in [0.1, 0.15) is 33.1 Å². The molecule has 0 bridgehead atoms. The summed E-state index contributed by atoms with van der Waals surface area (Å²) in [5.74, 6) is -0.182. The molecule has 0 aliphatic heterocycles. The second-order valence-corrected chi connectivity index (χ2v) is 2.54. The maximum atomic E-state index is 10.7. The highest BCUT2D eigenvalue weighted by atomic mass is 16.5. The van der Waals surface area contributed by atoms with Crippen LogP contribution in [0.2, 0.25) is 0 Å². The van der Waals surface area contributed by atoms with Gasteiger partial charge in [0.2, 0.25) is 0 Å². The number of ether oxygens (including phenoxy) is 1. The summed E-state index contributed by atoms with van der Waals surface area (Å²) < 4.78 is 5.17. The van der Waals surface area contributed by atoms with Crippen LogP contribution in [0.5, 0.6) is 0 Å². The Bertz CT molecular complexity index is 164. The summed E-state index contributed by atoms with van der Waals surface area (Å²) in [6, 6.07) is 0. The molecule has 0 aromatic carbocycles. The Hall–Kier alpha value is -0.990. The lowest BCUT2D eigenvalue weighted by molar-refractivity contribution is -0.117. The first-order valence-corrected chi connectivity index (χ1v) is 4.35. The lowest BCUT2D eigenvalue weighted by Crippen LogP contribution is -2.16. The first kappa shape index (κ1) is 11.0. The minimum absolute atomic E-state index is 0.297. The summed E-state index contributed by atoms with van der Waals surface area (Å²) >= 11 is 0. The molecule has 0 radical (unpaired) electrons. The van der Waals surface area contributed by atoms with Crippen LogP contribution < -0.4 is 5.73 Å². The molecule has 70 valence electrons. The second-order valence-electron chi connectivity index (χ2n) is 2.54. The minimum atomic E-state index is -0.479. The van der Waals surface area contributed by atoms with Crippen molar-refractivity contribution in [2.45, 2.75) is 33.1 Å². The van der Waals surface area contributed by atoms with Crippen LogP contribution in [-0.2, 0) is 9.53 Å². The molecule has 0 aromatic heterocycles. The highest BCUT2D eigenvalue weighted by molar-refractivity contribution is 5.89. The largest absolute Gasteiger partial charge is 0.488 e. The molecule has 0 rings (SSSR count). The highest BCUT2D eigenvalue weighted by Crippen LogP contribution is 2.00. The number of nitrogens with two attached hydrogens (primary N) is 1. The Kier molecular flexibility index (Phi) is 6.15. The van der Waals surface area contributed by atoms with E-state index in [9.17, 15) is 4.79 Å². The molecule has 0 unspecified atom stereocenters. The summed E-state index contributed by atoms with van der Waals surface area (Å²) in [7, 11) is 0. The molecular formula is C9H17NO2. The van der Waals surface area contributed by atoms with Crippen molar-refractivity contribution in [2.75, 3.05) is 6.61 Å². The number of hydrogen-bond acceptors (Lipinski definition) is 2. The van der Waals surface area contributed by atoms with Crippen LogP contribution in [0.4, 0.5) is 0 Å². The zero-order valence-electron chi connectivity index (χ0n) is 7.80. The van der Waals surface area contributed by atoms with Gasteiger partial charge in [0, 0.05) is 0 Å². The molecule has 1 amide bonds. The van der Waals surface area contributed by atoms with Crippen molar-refractivity contribution in [2.24, 2.45) is 5.73 Å². The van der Waals surface area contributed by atoms with Crippen molar-refractivity contribution in [1.29, 1.82) is 0 Å². The van der Waals surface area contributed by atoms with Crippen molar-refractivity contribution >= 4 is 5.91 Å². The molecule has 0 aliphatic carbocycles. The Morgan fingerprint density at radius 3 is 2.58 bits per heavy atom. The maximum Gasteiger partial charge on any atom is 0.283 e. The molecule has 0 aromatic rings. The fourth-order valence-electron chi connectivity index (χ4n) is 0.743.